The Bertz CT molecular complexity index is 209. The van der Waals surface area contributed by atoms with Crippen LogP contribution in [-0.2, 0) is 14.3 Å². The Morgan fingerprint density at radius 2 is 1.50 bits per heavy atom. The van der Waals surface area contributed by atoms with E-state index in [9.17, 15) is 8.42 Å². The normalized spacial score (nSPS) is 11.9. The van der Waals surface area contributed by atoms with Gasteiger partial charge >= 0.3 is 0 Å². The molecule has 0 rings (SSSR count). The Hall–Kier alpha value is -0.0900. The van der Waals surface area contributed by atoms with Crippen molar-refractivity contribution in [2.75, 3.05) is 12.4 Å². The quantitative estimate of drug-likeness (QED) is 0.445. The van der Waals surface area contributed by atoms with E-state index in [1.54, 1.807) is 6.92 Å². The monoisotopic (exact) mass is 222 g/mol. The van der Waals surface area contributed by atoms with Crippen LogP contribution in [0.1, 0.15) is 52.4 Å². The summed E-state index contributed by atoms with van der Waals surface area (Å²) in [6.07, 6.45) is 6.86. The maximum Gasteiger partial charge on any atom is 0.267 e. The van der Waals surface area contributed by atoms with Crippen molar-refractivity contribution in [2.45, 2.75) is 52.4 Å². The van der Waals surface area contributed by atoms with E-state index in [2.05, 4.69) is 6.92 Å². The Balaban J connectivity index is 3.22. The minimum Gasteiger partial charge on any atom is -0.270 e. The first kappa shape index (κ1) is 13.9. The van der Waals surface area contributed by atoms with Gasteiger partial charge in [0.15, 0.2) is 0 Å². The van der Waals surface area contributed by atoms with Gasteiger partial charge in [-0.15, -0.1) is 0 Å². The maximum absolute atomic E-state index is 10.9. The third-order valence-corrected chi connectivity index (χ3v) is 3.35. The molecule has 0 aliphatic heterocycles. The van der Waals surface area contributed by atoms with Gasteiger partial charge in [-0.3, -0.25) is 4.18 Å². The first-order valence-electron chi connectivity index (χ1n) is 5.49. The Kier molecular flexibility index (Phi) is 8.18. The van der Waals surface area contributed by atoms with E-state index < -0.39 is 10.1 Å². The molecule has 0 saturated heterocycles. The summed E-state index contributed by atoms with van der Waals surface area (Å²) >= 11 is 0. The van der Waals surface area contributed by atoms with Gasteiger partial charge in [-0.25, -0.2) is 0 Å². The Labute approximate surface area is 88.0 Å². The molecule has 0 atom stereocenters. The number of unbranched alkanes of at least 4 members (excludes halogenated alkanes) is 5. The van der Waals surface area contributed by atoms with E-state index >= 15 is 0 Å². The smallest absolute Gasteiger partial charge is 0.267 e. The van der Waals surface area contributed by atoms with Crippen LogP contribution < -0.4 is 0 Å². The van der Waals surface area contributed by atoms with E-state index in [0.29, 0.717) is 6.61 Å². The Morgan fingerprint density at radius 3 is 2.07 bits per heavy atom. The number of rotatable bonds is 9. The van der Waals surface area contributed by atoms with Crippen LogP contribution in [0, 0.1) is 0 Å². The molecule has 0 aromatic carbocycles. The van der Waals surface area contributed by atoms with Gasteiger partial charge in [0.1, 0.15) is 0 Å². The lowest BCUT2D eigenvalue weighted by molar-refractivity contribution is 0.307. The van der Waals surface area contributed by atoms with Crippen molar-refractivity contribution in [3.63, 3.8) is 0 Å². The van der Waals surface area contributed by atoms with E-state index in [1.807, 2.05) is 0 Å². The standard InChI is InChI=1S/C10H22O3S/c1-3-5-6-7-8-9-10-13-14(11,12)4-2/h3-10H2,1-2H3. The van der Waals surface area contributed by atoms with Gasteiger partial charge in [0.2, 0.25) is 0 Å². The molecule has 0 aromatic heterocycles. The average molecular weight is 222 g/mol. The van der Waals surface area contributed by atoms with Crippen LogP contribution in [0.25, 0.3) is 0 Å². The van der Waals surface area contributed by atoms with Gasteiger partial charge in [0.25, 0.3) is 10.1 Å². The van der Waals surface area contributed by atoms with Crippen molar-refractivity contribution in [1.82, 2.24) is 0 Å². The topological polar surface area (TPSA) is 43.4 Å². The zero-order valence-corrected chi connectivity index (χ0v) is 10.1. The van der Waals surface area contributed by atoms with E-state index in [1.165, 1.54) is 25.7 Å². The molecule has 0 heterocycles. The predicted octanol–water partition coefficient (Wildman–Crippen LogP) is 2.71. The molecule has 0 spiro atoms. The fourth-order valence-electron chi connectivity index (χ4n) is 1.15. The van der Waals surface area contributed by atoms with E-state index in [-0.39, 0.29) is 5.75 Å². The summed E-state index contributed by atoms with van der Waals surface area (Å²) in [4.78, 5) is 0. The first-order chi connectivity index (χ1) is 6.62. The molecule has 0 unspecified atom stereocenters. The summed E-state index contributed by atoms with van der Waals surface area (Å²) in [6, 6.07) is 0. The van der Waals surface area contributed by atoms with Crippen LogP contribution >= 0.6 is 0 Å². The SMILES string of the molecule is CCCCCCCCOS(=O)(=O)CC. The van der Waals surface area contributed by atoms with E-state index in [0.717, 1.165) is 12.8 Å². The van der Waals surface area contributed by atoms with Crippen molar-refractivity contribution in [1.29, 1.82) is 0 Å². The summed E-state index contributed by atoms with van der Waals surface area (Å²) in [5, 5.41) is 0. The molecule has 4 heteroatoms. The zero-order valence-electron chi connectivity index (χ0n) is 9.29. The summed E-state index contributed by atoms with van der Waals surface area (Å²) in [5.41, 5.74) is 0. The fourth-order valence-corrected chi connectivity index (χ4v) is 1.69. The molecule has 0 aromatic rings. The molecule has 0 N–H and O–H groups in total. The highest BCUT2D eigenvalue weighted by Crippen LogP contribution is 2.05. The van der Waals surface area contributed by atoms with Crippen molar-refractivity contribution in [3.05, 3.63) is 0 Å². The molecule has 0 bridgehead atoms. The van der Waals surface area contributed by atoms with Crippen LogP contribution in [0.15, 0.2) is 0 Å². The van der Waals surface area contributed by atoms with Crippen LogP contribution in [0.3, 0.4) is 0 Å². The molecule has 0 fully saturated rings. The van der Waals surface area contributed by atoms with Crippen LogP contribution in [0.5, 0.6) is 0 Å². The third-order valence-electron chi connectivity index (χ3n) is 2.11. The van der Waals surface area contributed by atoms with Crippen LogP contribution in [0.4, 0.5) is 0 Å². The third kappa shape index (κ3) is 8.51. The van der Waals surface area contributed by atoms with Gasteiger partial charge in [-0.05, 0) is 13.3 Å². The van der Waals surface area contributed by atoms with Crippen molar-refractivity contribution >= 4 is 10.1 Å². The largest absolute Gasteiger partial charge is 0.270 e. The average Bonchev–Trinajstić information content (AvgIpc) is 2.16. The fraction of sp³-hybridized carbons (Fsp3) is 1.00. The molecular formula is C10H22O3S. The Morgan fingerprint density at radius 1 is 0.929 bits per heavy atom. The second kappa shape index (κ2) is 8.24. The van der Waals surface area contributed by atoms with Crippen molar-refractivity contribution < 1.29 is 12.6 Å². The second-order valence-corrected chi connectivity index (χ2v) is 5.36. The van der Waals surface area contributed by atoms with Gasteiger partial charge in [-0.1, -0.05) is 39.0 Å². The molecule has 0 saturated carbocycles. The minimum atomic E-state index is -3.22. The van der Waals surface area contributed by atoms with Gasteiger partial charge in [0, 0.05) is 0 Å². The highest BCUT2D eigenvalue weighted by molar-refractivity contribution is 7.86. The number of hydrogen-bond donors (Lipinski definition) is 0. The van der Waals surface area contributed by atoms with E-state index in [4.69, 9.17) is 4.18 Å². The molecule has 86 valence electrons. The van der Waals surface area contributed by atoms with Crippen molar-refractivity contribution in [3.8, 4) is 0 Å². The summed E-state index contributed by atoms with van der Waals surface area (Å²) in [7, 11) is -3.22. The van der Waals surface area contributed by atoms with Gasteiger partial charge in [-0.2, -0.15) is 8.42 Å². The number of hydrogen-bond acceptors (Lipinski definition) is 3. The molecule has 14 heavy (non-hydrogen) atoms. The summed E-state index contributed by atoms with van der Waals surface area (Å²) in [5.74, 6) is 0.0723. The van der Waals surface area contributed by atoms with Crippen LogP contribution in [0.2, 0.25) is 0 Å². The van der Waals surface area contributed by atoms with Crippen LogP contribution in [-0.4, -0.2) is 20.8 Å². The highest BCUT2D eigenvalue weighted by atomic mass is 32.2. The highest BCUT2D eigenvalue weighted by Gasteiger charge is 2.05. The van der Waals surface area contributed by atoms with Gasteiger partial charge < -0.3 is 0 Å². The zero-order chi connectivity index (χ0) is 10.9. The molecule has 0 aliphatic carbocycles. The van der Waals surface area contributed by atoms with Gasteiger partial charge in [0.05, 0.1) is 12.4 Å². The van der Waals surface area contributed by atoms with Crippen molar-refractivity contribution in [2.24, 2.45) is 0 Å². The maximum atomic E-state index is 10.9. The molecule has 0 aliphatic rings. The molecule has 0 radical (unpaired) electrons. The predicted molar refractivity (Wildman–Crippen MR) is 58.8 cm³/mol. The lowest BCUT2D eigenvalue weighted by Gasteiger charge is -2.02. The minimum absolute atomic E-state index is 0.0723. The lowest BCUT2D eigenvalue weighted by Crippen LogP contribution is -2.09. The molecule has 0 amide bonds. The molecular weight excluding hydrogens is 200 g/mol. The summed E-state index contributed by atoms with van der Waals surface area (Å²) < 4.78 is 26.6. The first-order valence-corrected chi connectivity index (χ1v) is 7.07. The molecule has 3 nitrogen and oxygen atoms in total. The summed E-state index contributed by atoms with van der Waals surface area (Å²) in [6.45, 7) is 4.12. The second-order valence-electron chi connectivity index (χ2n) is 3.44. The lowest BCUT2D eigenvalue weighted by atomic mass is 10.1.